The Labute approximate surface area is 282 Å². The smallest absolute Gasteiger partial charge is 0.148 e. The number of hydrogen-bond donors (Lipinski definition) is 2. The second-order valence-corrected chi connectivity index (χ2v) is 11.7. The fourth-order valence-corrected chi connectivity index (χ4v) is 6.19. The summed E-state index contributed by atoms with van der Waals surface area (Å²) in [5.74, 6) is 0.326. The Balaban J connectivity index is 0.000000170. The van der Waals surface area contributed by atoms with Crippen LogP contribution in [0.25, 0.3) is 0 Å². The van der Waals surface area contributed by atoms with Gasteiger partial charge in [-0.3, -0.25) is 0 Å². The second-order valence-electron chi connectivity index (χ2n) is 11.7. The second kappa shape index (κ2) is 14.5. The van der Waals surface area contributed by atoms with Gasteiger partial charge in [0, 0.05) is 54.4 Å². The van der Waals surface area contributed by atoms with Crippen LogP contribution >= 0.6 is 0 Å². The van der Waals surface area contributed by atoms with E-state index in [0.717, 1.165) is 16.7 Å². The van der Waals surface area contributed by atoms with Crippen LogP contribution in [0.5, 0.6) is 17.2 Å². The summed E-state index contributed by atoms with van der Waals surface area (Å²) in [5, 5.41) is 30.3. The molecule has 0 saturated heterocycles. The van der Waals surface area contributed by atoms with Crippen molar-refractivity contribution < 1.29 is 15.3 Å². The molecule has 0 amide bonds. The Morgan fingerprint density at radius 2 is 0.708 bits per heavy atom. The zero-order valence-corrected chi connectivity index (χ0v) is 26.7. The third kappa shape index (κ3) is 6.85. The number of benzene rings is 7. The maximum Gasteiger partial charge on any atom is 0.148 e. The van der Waals surface area contributed by atoms with Gasteiger partial charge in [-0.1, -0.05) is 121 Å². The average Bonchev–Trinajstić information content (AvgIpc) is 3.14. The normalized spacial score (nSPS) is 11.0. The van der Waals surface area contributed by atoms with Gasteiger partial charge in [-0.2, -0.15) is 4.48 Å². The first kappa shape index (κ1) is 31.9. The number of hydrogen-bond acceptors (Lipinski definition) is 3. The van der Waals surface area contributed by atoms with E-state index in [-0.39, 0.29) is 23.2 Å². The lowest BCUT2D eigenvalue weighted by molar-refractivity contribution is -0.268. The van der Waals surface area contributed by atoms with Crippen molar-refractivity contribution in [3.05, 3.63) is 210 Å². The molecular formula is C44H37NO3. The Kier molecular flexibility index (Phi) is 9.66. The summed E-state index contributed by atoms with van der Waals surface area (Å²) in [6.07, 6.45) is 0. The largest absolute Gasteiger partial charge is 0.872 e. The molecule has 0 unspecified atom stereocenters. The third-order valence-electron chi connectivity index (χ3n) is 8.52. The molecule has 0 aliphatic rings. The van der Waals surface area contributed by atoms with Crippen molar-refractivity contribution >= 4 is 22.7 Å². The number of phenolic OH excluding ortho intramolecular Hbond substituents is 2. The molecule has 0 aromatic heterocycles. The van der Waals surface area contributed by atoms with E-state index in [4.69, 9.17) is 0 Å². The molecule has 7 aromatic carbocycles. The van der Waals surface area contributed by atoms with Gasteiger partial charge in [0.15, 0.2) is 0 Å². The maximum absolute atomic E-state index is 11.3. The van der Waals surface area contributed by atoms with Crippen molar-refractivity contribution in [2.45, 2.75) is 12.8 Å². The van der Waals surface area contributed by atoms with Crippen LogP contribution in [0.3, 0.4) is 0 Å². The van der Waals surface area contributed by atoms with Gasteiger partial charge in [0.25, 0.3) is 0 Å². The minimum absolute atomic E-state index is 0.0288. The molecule has 0 bridgehead atoms. The zero-order chi connectivity index (χ0) is 33.3. The lowest BCUT2D eigenvalue weighted by Gasteiger charge is -2.37. The Morgan fingerprint density at radius 3 is 1.06 bits per heavy atom. The molecular weight excluding hydrogens is 590 g/mol. The summed E-state index contributed by atoms with van der Waals surface area (Å²) in [7, 11) is 0. The summed E-state index contributed by atoms with van der Waals surface area (Å²) in [6, 6.07) is 61.7. The molecule has 0 spiro atoms. The maximum atomic E-state index is 11.3. The summed E-state index contributed by atoms with van der Waals surface area (Å²) in [5.41, 5.74) is 9.12. The number of phenols is 2. The van der Waals surface area contributed by atoms with Crippen molar-refractivity contribution in [1.29, 1.82) is 0 Å². The van der Waals surface area contributed by atoms with Gasteiger partial charge in [-0.05, 0) is 47.9 Å². The van der Waals surface area contributed by atoms with E-state index in [1.165, 1.54) is 28.3 Å². The first-order valence-electron chi connectivity index (χ1n) is 15.9. The molecule has 7 aromatic rings. The van der Waals surface area contributed by atoms with Gasteiger partial charge < -0.3 is 15.3 Å². The Hall–Kier alpha value is -6.10. The van der Waals surface area contributed by atoms with E-state index in [2.05, 4.69) is 122 Å². The standard InChI is InChI=1S/C25H22N.C19H16O3/c1-21-17-19-25(20-18-21)26(22-11-5-2-6-12-22,23-13-7-3-8-14-23)24-15-9-4-10-16-24;20-16-7-1-13(2-8-16)19(14-3-9-17(21)10-4-14)15-5-11-18(22)12-6-15/h2-20H,1H3;1-12,19-22H/q+1;/p-1. The topological polar surface area (TPSA) is 63.5 Å². The molecule has 236 valence electrons. The lowest BCUT2D eigenvalue weighted by atomic mass is 9.85. The van der Waals surface area contributed by atoms with Crippen molar-refractivity contribution in [2.75, 3.05) is 0 Å². The predicted molar refractivity (Wildman–Crippen MR) is 194 cm³/mol. The molecule has 7 rings (SSSR count). The van der Waals surface area contributed by atoms with Crippen LogP contribution < -0.4 is 9.59 Å². The molecule has 4 nitrogen and oxygen atoms in total. The van der Waals surface area contributed by atoms with Gasteiger partial charge in [0.1, 0.15) is 34.2 Å². The first-order chi connectivity index (χ1) is 23.4. The number of nitrogens with zero attached hydrogens (tertiary/aromatic N) is 1. The van der Waals surface area contributed by atoms with Crippen LogP contribution in [0.1, 0.15) is 28.2 Å². The van der Waals surface area contributed by atoms with Crippen LogP contribution in [0.2, 0.25) is 0 Å². The number of para-hydroxylation sites is 3. The summed E-state index contributed by atoms with van der Waals surface area (Å²) in [4.78, 5) is 0. The first-order valence-corrected chi connectivity index (χ1v) is 15.9. The van der Waals surface area contributed by atoms with Gasteiger partial charge in [-0.25, -0.2) is 0 Å². The highest BCUT2D eigenvalue weighted by molar-refractivity contribution is 5.81. The van der Waals surface area contributed by atoms with Crippen LogP contribution in [-0.2, 0) is 0 Å². The quantitative estimate of drug-likeness (QED) is 0.137. The van der Waals surface area contributed by atoms with Gasteiger partial charge in [0.2, 0.25) is 0 Å². The predicted octanol–water partition coefficient (Wildman–Crippen LogP) is 10.6. The van der Waals surface area contributed by atoms with E-state index >= 15 is 0 Å². The van der Waals surface area contributed by atoms with E-state index < -0.39 is 0 Å². The molecule has 0 aliphatic carbocycles. The van der Waals surface area contributed by atoms with Crippen LogP contribution in [0.4, 0.5) is 22.7 Å². The average molecular weight is 628 g/mol. The van der Waals surface area contributed by atoms with Crippen LogP contribution in [-0.4, -0.2) is 10.2 Å². The Bertz CT molecular complexity index is 1800. The molecule has 0 saturated carbocycles. The SMILES string of the molecule is Cc1ccc([N+](c2ccccc2)(c2ccccc2)c2ccccc2)cc1.[O-]c1ccc(C(c2ccc(O)cc2)c2ccc(O)cc2)cc1. The molecule has 2 N–H and O–H groups in total. The van der Waals surface area contributed by atoms with Crippen LogP contribution in [0.15, 0.2) is 188 Å². The van der Waals surface area contributed by atoms with E-state index in [1.807, 2.05) is 36.4 Å². The molecule has 48 heavy (non-hydrogen) atoms. The number of aromatic hydroxyl groups is 2. The van der Waals surface area contributed by atoms with Crippen molar-refractivity contribution in [1.82, 2.24) is 4.48 Å². The number of rotatable bonds is 7. The monoisotopic (exact) mass is 627 g/mol. The van der Waals surface area contributed by atoms with E-state index in [9.17, 15) is 15.3 Å². The molecule has 0 aliphatic heterocycles. The van der Waals surface area contributed by atoms with Gasteiger partial charge >= 0.3 is 0 Å². The fraction of sp³-hybridized carbons (Fsp3) is 0.0455. The minimum Gasteiger partial charge on any atom is -0.872 e. The highest BCUT2D eigenvalue weighted by Crippen LogP contribution is 2.51. The summed E-state index contributed by atoms with van der Waals surface area (Å²) < 4.78 is 0.558. The van der Waals surface area contributed by atoms with Crippen molar-refractivity contribution in [3.8, 4) is 17.2 Å². The van der Waals surface area contributed by atoms with Crippen molar-refractivity contribution in [2.24, 2.45) is 0 Å². The van der Waals surface area contributed by atoms with E-state index in [1.54, 1.807) is 36.4 Å². The fourth-order valence-electron chi connectivity index (χ4n) is 6.19. The number of aryl methyl sites for hydroxylation is 1. The van der Waals surface area contributed by atoms with Crippen molar-refractivity contribution in [3.63, 3.8) is 0 Å². The summed E-state index contributed by atoms with van der Waals surface area (Å²) in [6.45, 7) is 2.13. The Morgan fingerprint density at radius 1 is 0.396 bits per heavy atom. The van der Waals surface area contributed by atoms with E-state index in [0.29, 0.717) is 4.48 Å². The highest BCUT2D eigenvalue weighted by atomic mass is 16.3. The van der Waals surface area contributed by atoms with Gasteiger partial charge in [-0.15, -0.1) is 5.75 Å². The molecule has 4 heteroatoms. The number of quaternary nitrogens is 1. The minimum atomic E-state index is -0.0678. The lowest BCUT2D eigenvalue weighted by Crippen LogP contribution is -2.33. The van der Waals surface area contributed by atoms with Gasteiger partial charge in [0.05, 0.1) is 0 Å². The third-order valence-corrected chi connectivity index (χ3v) is 8.52. The molecule has 0 heterocycles. The molecule has 0 atom stereocenters. The molecule has 0 radical (unpaired) electrons. The zero-order valence-electron chi connectivity index (χ0n) is 26.7. The molecule has 0 fully saturated rings. The summed E-state index contributed by atoms with van der Waals surface area (Å²) >= 11 is 0. The van der Waals surface area contributed by atoms with Crippen LogP contribution in [0, 0.1) is 6.92 Å². The highest BCUT2D eigenvalue weighted by Gasteiger charge is 2.38.